The van der Waals surface area contributed by atoms with Gasteiger partial charge in [0.2, 0.25) is 5.91 Å². The average molecular weight is 286 g/mol. The van der Waals surface area contributed by atoms with Crippen LogP contribution in [0.3, 0.4) is 0 Å². The Morgan fingerprint density at radius 2 is 1.95 bits per heavy atom. The number of amides is 1. The Morgan fingerprint density at radius 1 is 1.37 bits per heavy atom. The molecule has 0 bridgehead atoms. The van der Waals surface area contributed by atoms with E-state index in [1.165, 1.54) is 24.5 Å². The topological polar surface area (TPSA) is 113 Å². The third kappa shape index (κ3) is 5.47. The molecule has 0 spiro atoms. The first-order valence-corrected chi connectivity index (χ1v) is 7.21. The summed E-state index contributed by atoms with van der Waals surface area (Å²) in [5, 5.41) is 11.0. The second-order valence-electron chi connectivity index (χ2n) is 4.00. The van der Waals surface area contributed by atoms with Crippen LogP contribution in [0.5, 0.6) is 0 Å². The molecular formula is C11H14N2O5S. The SMILES string of the molecule is CC(=O)NC(CS(=O)(=O)Cc1ccncc1)C(=O)O. The smallest absolute Gasteiger partial charge is 0.327 e. The molecule has 1 amide bonds. The number of aliphatic carboxylic acids is 1. The molecule has 0 saturated carbocycles. The van der Waals surface area contributed by atoms with Gasteiger partial charge in [-0.05, 0) is 17.7 Å². The lowest BCUT2D eigenvalue weighted by atomic mass is 10.3. The summed E-state index contributed by atoms with van der Waals surface area (Å²) in [6, 6.07) is 1.63. The summed E-state index contributed by atoms with van der Waals surface area (Å²) in [4.78, 5) is 25.5. The zero-order chi connectivity index (χ0) is 14.5. The Morgan fingerprint density at radius 3 is 2.42 bits per heavy atom. The zero-order valence-electron chi connectivity index (χ0n) is 10.2. The van der Waals surface area contributed by atoms with Crippen molar-refractivity contribution in [3.63, 3.8) is 0 Å². The molecule has 8 heteroatoms. The van der Waals surface area contributed by atoms with Crippen LogP contribution >= 0.6 is 0 Å². The quantitative estimate of drug-likeness (QED) is 0.734. The van der Waals surface area contributed by atoms with Crippen LogP contribution in [0.15, 0.2) is 24.5 Å². The number of nitrogens with one attached hydrogen (secondary N) is 1. The number of pyridine rings is 1. The summed E-state index contributed by atoms with van der Waals surface area (Å²) in [6.45, 7) is 1.13. The highest BCUT2D eigenvalue weighted by Crippen LogP contribution is 2.06. The van der Waals surface area contributed by atoms with E-state index in [-0.39, 0.29) is 5.75 Å². The minimum absolute atomic E-state index is 0.293. The third-order valence-electron chi connectivity index (χ3n) is 2.23. The molecule has 0 radical (unpaired) electrons. The van der Waals surface area contributed by atoms with E-state index in [0.29, 0.717) is 5.56 Å². The normalized spacial score (nSPS) is 12.7. The number of nitrogens with zero attached hydrogens (tertiary/aromatic N) is 1. The molecule has 0 aliphatic heterocycles. The molecule has 0 fully saturated rings. The van der Waals surface area contributed by atoms with E-state index in [0.717, 1.165) is 6.92 Å². The van der Waals surface area contributed by atoms with Crippen molar-refractivity contribution in [3.8, 4) is 0 Å². The number of sulfone groups is 1. The molecule has 19 heavy (non-hydrogen) atoms. The van der Waals surface area contributed by atoms with Gasteiger partial charge in [-0.2, -0.15) is 0 Å². The molecule has 1 atom stereocenters. The number of carbonyl (C=O) groups excluding carboxylic acids is 1. The zero-order valence-corrected chi connectivity index (χ0v) is 11.1. The number of carboxylic acid groups (broad SMARTS) is 1. The van der Waals surface area contributed by atoms with E-state index in [1.807, 2.05) is 0 Å². The van der Waals surface area contributed by atoms with Crippen LogP contribution in [0, 0.1) is 0 Å². The van der Waals surface area contributed by atoms with Gasteiger partial charge in [-0.15, -0.1) is 0 Å². The van der Waals surface area contributed by atoms with Crippen LogP contribution in [0.4, 0.5) is 0 Å². The third-order valence-corrected chi connectivity index (χ3v) is 3.85. The highest BCUT2D eigenvalue weighted by atomic mass is 32.2. The van der Waals surface area contributed by atoms with Crippen molar-refractivity contribution >= 4 is 21.7 Å². The molecule has 0 saturated heterocycles. The van der Waals surface area contributed by atoms with E-state index in [1.54, 1.807) is 0 Å². The first-order valence-electron chi connectivity index (χ1n) is 5.39. The number of hydrogen-bond donors (Lipinski definition) is 2. The van der Waals surface area contributed by atoms with Crippen LogP contribution in [-0.4, -0.2) is 42.2 Å². The van der Waals surface area contributed by atoms with Crippen molar-refractivity contribution in [1.29, 1.82) is 0 Å². The van der Waals surface area contributed by atoms with Gasteiger partial charge in [0.1, 0.15) is 6.04 Å². The van der Waals surface area contributed by atoms with Gasteiger partial charge in [0.25, 0.3) is 0 Å². The lowest BCUT2D eigenvalue weighted by molar-refractivity contribution is -0.140. The second kappa shape index (κ2) is 6.28. The summed E-state index contributed by atoms with van der Waals surface area (Å²) in [5.74, 6) is -2.91. The summed E-state index contributed by atoms with van der Waals surface area (Å²) in [6.07, 6.45) is 2.90. The van der Waals surface area contributed by atoms with Crippen LogP contribution in [0.2, 0.25) is 0 Å². The number of rotatable bonds is 6. The largest absolute Gasteiger partial charge is 0.480 e. The lowest BCUT2D eigenvalue weighted by Crippen LogP contribution is -2.44. The number of aromatic nitrogens is 1. The molecule has 1 rings (SSSR count). The van der Waals surface area contributed by atoms with Crippen LogP contribution in [0.1, 0.15) is 12.5 Å². The molecule has 0 aliphatic rings. The van der Waals surface area contributed by atoms with E-state index >= 15 is 0 Å². The highest BCUT2D eigenvalue weighted by Gasteiger charge is 2.26. The Bertz CT molecular complexity index is 556. The van der Waals surface area contributed by atoms with Gasteiger partial charge >= 0.3 is 5.97 Å². The van der Waals surface area contributed by atoms with Gasteiger partial charge in [-0.3, -0.25) is 9.78 Å². The monoisotopic (exact) mass is 286 g/mol. The van der Waals surface area contributed by atoms with Crippen molar-refractivity contribution in [2.75, 3.05) is 5.75 Å². The molecule has 7 nitrogen and oxygen atoms in total. The Kier molecular flexibility index (Phi) is 4.99. The molecule has 1 unspecified atom stereocenters. The summed E-state index contributed by atoms with van der Waals surface area (Å²) in [5.41, 5.74) is 0.516. The van der Waals surface area contributed by atoms with Gasteiger partial charge in [-0.1, -0.05) is 0 Å². The van der Waals surface area contributed by atoms with Crippen molar-refractivity contribution < 1.29 is 23.1 Å². The first kappa shape index (κ1) is 15.1. The molecule has 0 aromatic carbocycles. The van der Waals surface area contributed by atoms with Crippen LogP contribution in [0.25, 0.3) is 0 Å². The Balaban J connectivity index is 2.77. The predicted octanol–water partition coefficient (Wildman–Crippen LogP) is -0.414. The number of carbonyl (C=O) groups is 2. The minimum Gasteiger partial charge on any atom is -0.480 e. The summed E-state index contributed by atoms with van der Waals surface area (Å²) < 4.78 is 23.7. The van der Waals surface area contributed by atoms with E-state index in [4.69, 9.17) is 5.11 Å². The Hall–Kier alpha value is -1.96. The fourth-order valence-electron chi connectivity index (χ4n) is 1.47. The summed E-state index contributed by atoms with van der Waals surface area (Å²) >= 11 is 0. The number of carboxylic acids is 1. The first-order chi connectivity index (χ1) is 8.80. The highest BCUT2D eigenvalue weighted by molar-refractivity contribution is 7.90. The van der Waals surface area contributed by atoms with Crippen molar-refractivity contribution in [2.24, 2.45) is 0 Å². The van der Waals surface area contributed by atoms with Gasteiger partial charge < -0.3 is 10.4 Å². The van der Waals surface area contributed by atoms with Crippen molar-refractivity contribution in [2.45, 2.75) is 18.7 Å². The maximum atomic E-state index is 11.9. The Labute approximate surface area is 110 Å². The van der Waals surface area contributed by atoms with E-state index < -0.39 is 33.5 Å². The van der Waals surface area contributed by atoms with Crippen LogP contribution < -0.4 is 5.32 Å². The van der Waals surface area contributed by atoms with Gasteiger partial charge in [-0.25, -0.2) is 13.2 Å². The van der Waals surface area contributed by atoms with E-state index in [9.17, 15) is 18.0 Å². The van der Waals surface area contributed by atoms with E-state index in [2.05, 4.69) is 10.3 Å². The second-order valence-corrected chi connectivity index (χ2v) is 6.11. The lowest BCUT2D eigenvalue weighted by Gasteiger charge is -2.13. The van der Waals surface area contributed by atoms with Gasteiger partial charge in [0, 0.05) is 19.3 Å². The molecule has 2 N–H and O–H groups in total. The average Bonchev–Trinajstić information content (AvgIpc) is 2.27. The molecule has 1 aromatic heterocycles. The summed E-state index contributed by atoms with van der Waals surface area (Å²) in [7, 11) is -3.65. The molecular weight excluding hydrogens is 272 g/mol. The fourth-order valence-corrected chi connectivity index (χ4v) is 3.02. The number of hydrogen-bond acceptors (Lipinski definition) is 5. The van der Waals surface area contributed by atoms with Crippen molar-refractivity contribution in [3.05, 3.63) is 30.1 Å². The standard InChI is InChI=1S/C11H14N2O5S/c1-8(14)13-10(11(15)16)7-19(17,18)6-9-2-4-12-5-3-9/h2-5,10H,6-7H2,1H3,(H,13,14)(H,15,16). The molecule has 0 aliphatic carbocycles. The molecule has 1 heterocycles. The fraction of sp³-hybridized carbons (Fsp3) is 0.364. The minimum atomic E-state index is -3.65. The maximum absolute atomic E-state index is 11.9. The van der Waals surface area contributed by atoms with Crippen molar-refractivity contribution in [1.82, 2.24) is 10.3 Å². The van der Waals surface area contributed by atoms with Gasteiger partial charge in [0.15, 0.2) is 9.84 Å². The molecule has 104 valence electrons. The maximum Gasteiger partial charge on any atom is 0.327 e. The molecule has 1 aromatic rings. The van der Waals surface area contributed by atoms with Crippen LogP contribution in [-0.2, 0) is 25.2 Å². The predicted molar refractivity (Wildman–Crippen MR) is 67.0 cm³/mol. The van der Waals surface area contributed by atoms with Gasteiger partial charge in [0.05, 0.1) is 11.5 Å².